The van der Waals surface area contributed by atoms with Gasteiger partial charge in [0, 0.05) is 13.1 Å². The largest absolute Gasteiger partial charge is 0.394 e. The van der Waals surface area contributed by atoms with E-state index in [4.69, 9.17) is 4.74 Å². The quantitative estimate of drug-likeness (QED) is 0.606. The highest BCUT2D eigenvalue weighted by atomic mass is 16.5. The molecule has 1 N–H and O–H groups in total. The molecule has 142 valence electrons. The van der Waals surface area contributed by atoms with Crippen LogP contribution >= 0.6 is 0 Å². The van der Waals surface area contributed by atoms with Crippen LogP contribution in [-0.4, -0.2) is 77.9 Å². The van der Waals surface area contributed by atoms with E-state index in [1.54, 1.807) is 9.36 Å². The lowest BCUT2D eigenvalue weighted by Gasteiger charge is -2.33. The predicted octanol–water partition coefficient (Wildman–Crippen LogP) is -0.273. The normalized spacial score (nSPS) is 16.5. The molecule has 0 bridgehead atoms. The Kier molecular flexibility index (Phi) is 5.47. The summed E-state index contributed by atoms with van der Waals surface area (Å²) in [6, 6.07) is 10.2. The summed E-state index contributed by atoms with van der Waals surface area (Å²) in [7, 11) is 0. The van der Waals surface area contributed by atoms with Gasteiger partial charge < -0.3 is 9.84 Å². The fraction of sp³-hybridized carbons (Fsp3) is 0.471. The standard InChI is InChI=1S/C17H22N8O2/c26-9-6-24-15(18-13-19-24)12-25-17(20-21-22-25)16(14-4-2-1-3-5-14)23-7-10-27-11-8-23/h1-5,13,16,26H,6-12H2/t16-/m0/s1. The van der Waals surface area contributed by atoms with E-state index in [2.05, 4.69) is 42.6 Å². The summed E-state index contributed by atoms with van der Waals surface area (Å²) in [6.45, 7) is 3.78. The molecule has 10 nitrogen and oxygen atoms in total. The van der Waals surface area contributed by atoms with Gasteiger partial charge in [-0.15, -0.1) is 5.10 Å². The molecule has 4 rings (SSSR count). The highest BCUT2D eigenvalue weighted by Gasteiger charge is 2.29. The van der Waals surface area contributed by atoms with Crippen molar-refractivity contribution in [3.8, 4) is 0 Å². The Balaban J connectivity index is 1.67. The van der Waals surface area contributed by atoms with E-state index in [-0.39, 0.29) is 12.6 Å². The van der Waals surface area contributed by atoms with Crippen molar-refractivity contribution in [2.24, 2.45) is 0 Å². The molecular formula is C17H22N8O2. The molecule has 1 fully saturated rings. The Hall–Kier alpha value is -2.69. The summed E-state index contributed by atoms with van der Waals surface area (Å²) in [5.41, 5.74) is 1.13. The van der Waals surface area contributed by atoms with Gasteiger partial charge in [0.1, 0.15) is 18.7 Å². The van der Waals surface area contributed by atoms with Crippen LogP contribution in [-0.2, 0) is 17.8 Å². The first-order valence-electron chi connectivity index (χ1n) is 8.97. The van der Waals surface area contributed by atoms with Crippen LogP contribution < -0.4 is 0 Å². The van der Waals surface area contributed by atoms with E-state index in [9.17, 15) is 5.11 Å². The summed E-state index contributed by atoms with van der Waals surface area (Å²) in [4.78, 5) is 6.62. The Morgan fingerprint density at radius 1 is 1.11 bits per heavy atom. The van der Waals surface area contributed by atoms with E-state index in [0.717, 1.165) is 24.5 Å². The summed E-state index contributed by atoms with van der Waals surface area (Å²) in [5.74, 6) is 1.45. The summed E-state index contributed by atoms with van der Waals surface area (Å²) >= 11 is 0. The molecule has 10 heteroatoms. The fourth-order valence-electron chi connectivity index (χ4n) is 3.34. The van der Waals surface area contributed by atoms with Crippen LogP contribution in [0.3, 0.4) is 0 Å². The zero-order valence-corrected chi connectivity index (χ0v) is 14.9. The molecule has 27 heavy (non-hydrogen) atoms. The van der Waals surface area contributed by atoms with E-state index >= 15 is 0 Å². The molecule has 0 amide bonds. The highest BCUT2D eigenvalue weighted by molar-refractivity contribution is 5.25. The number of aromatic nitrogens is 7. The van der Waals surface area contributed by atoms with Crippen molar-refractivity contribution < 1.29 is 9.84 Å². The maximum absolute atomic E-state index is 9.20. The summed E-state index contributed by atoms with van der Waals surface area (Å²) in [6.07, 6.45) is 1.48. The number of ether oxygens (including phenoxy) is 1. The van der Waals surface area contributed by atoms with Crippen LogP contribution in [0.4, 0.5) is 0 Å². The molecule has 1 atom stereocenters. The van der Waals surface area contributed by atoms with Crippen molar-refractivity contribution in [2.45, 2.75) is 19.1 Å². The van der Waals surface area contributed by atoms with Crippen molar-refractivity contribution in [1.29, 1.82) is 0 Å². The lowest BCUT2D eigenvalue weighted by molar-refractivity contribution is 0.0216. The topological polar surface area (TPSA) is 107 Å². The average Bonchev–Trinajstić information content (AvgIpc) is 3.35. The number of hydrogen-bond donors (Lipinski definition) is 1. The van der Waals surface area contributed by atoms with Gasteiger partial charge in [0.05, 0.1) is 32.4 Å². The molecule has 1 saturated heterocycles. The number of nitrogens with zero attached hydrogens (tertiary/aromatic N) is 8. The second kappa shape index (κ2) is 8.33. The molecule has 1 aliphatic heterocycles. The molecule has 2 aromatic heterocycles. The lowest BCUT2D eigenvalue weighted by atomic mass is 10.0. The van der Waals surface area contributed by atoms with E-state index in [0.29, 0.717) is 32.1 Å². The number of rotatable bonds is 7. The maximum atomic E-state index is 9.20. The molecular weight excluding hydrogens is 348 g/mol. The smallest absolute Gasteiger partial charge is 0.173 e. The Morgan fingerprint density at radius 3 is 2.70 bits per heavy atom. The third-order valence-corrected chi connectivity index (χ3v) is 4.63. The lowest BCUT2D eigenvalue weighted by Crippen LogP contribution is -2.40. The van der Waals surface area contributed by atoms with Crippen molar-refractivity contribution in [2.75, 3.05) is 32.9 Å². The monoisotopic (exact) mass is 370 g/mol. The van der Waals surface area contributed by atoms with Gasteiger partial charge in [0.15, 0.2) is 5.82 Å². The SMILES string of the molecule is OCCn1ncnc1Cn1nnnc1[C@H](c1ccccc1)N1CCOCC1. The zero-order chi connectivity index (χ0) is 18.5. The molecule has 3 heterocycles. The maximum Gasteiger partial charge on any atom is 0.173 e. The number of aliphatic hydroxyl groups excluding tert-OH is 1. The summed E-state index contributed by atoms with van der Waals surface area (Å²) < 4.78 is 8.94. The Bertz CT molecular complexity index is 844. The minimum Gasteiger partial charge on any atom is -0.394 e. The number of hydrogen-bond acceptors (Lipinski definition) is 8. The van der Waals surface area contributed by atoms with Gasteiger partial charge in [-0.05, 0) is 16.0 Å². The van der Waals surface area contributed by atoms with Gasteiger partial charge in [-0.25, -0.2) is 14.3 Å². The number of tetrazole rings is 1. The number of benzene rings is 1. The summed E-state index contributed by atoms with van der Waals surface area (Å²) in [5, 5.41) is 25.8. The molecule has 0 saturated carbocycles. The second-order valence-electron chi connectivity index (χ2n) is 6.28. The second-order valence-corrected chi connectivity index (χ2v) is 6.28. The van der Waals surface area contributed by atoms with E-state index < -0.39 is 0 Å². The average molecular weight is 370 g/mol. The van der Waals surface area contributed by atoms with Gasteiger partial charge >= 0.3 is 0 Å². The first-order chi connectivity index (χ1) is 13.4. The van der Waals surface area contributed by atoms with Gasteiger partial charge in [0.25, 0.3) is 0 Å². The highest BCUT2D eigenvalue weighted by Crippen LogP contribution is 2.27. The van der Waals surface area contributed by atoms with Crippen molar-refractivity contribution in [3.05, 3.63) is 53.9 Å². The Labute approximate surface area is 156 Å². The minimum atomic E-state index is -0.0701. The molecule has 0 spiro atoms. The Morgan fingerprint density at radius 2 is 1.93 bits per heavy atom. The van der Waals surface area contributed by atoms with Crippen LogP contribution in [0.15, 0.2) is 36.7 Å². The molecule has 1 aromatic carbocycles. The van der Waals surface area contributed by atoms with Crippen molar-refractivity contribution >= 4 is 0 Å². The van der Waals surface area contributed by atoms with Crippen LogP contribution in [0, 0.1) is 0 Å². The number of aliphatic hydroxyl groups is 1. The van der Waals surface area contributed by atoms with E-state index in [1.165, 1.54) is 6.33 Å². The van der Waals surface area contributed by atoms with E-state index in [1.807, 2.05) is 18.2 Å². The van der Waals surface area contributed by atoms with Gasteiger partial charge in [-0.3, -0.25) is 4.90 Å². The third kappa shape index (κ3) is 3.87. The minimum absolute atomic E-state index is 0.000752. The first kappa shape index (κ1) is 17.7. The van der Waals surface area contributed by atoms with Crippen LogP contribution in [0.5, 0.6) is 0 Å². The van der Waals surface area contributed by atoms with Crippen molar-refractivity contribution in [3.63, 3.8) is 0 Å². The third-order valence-electron chi connectivity index (χ3n) is 4.63. The van der Waals surface area contributed by atoms with Crippen LogP contribution in [0.1, 0.15) is 23.3 Å². The molecule has 1 aliphatic rings. The molecule has 0 unspecified atom stereocenters. The zero-order valence-electron chi connectivity index (χ0n) is 14.9. The molecule has 0 aliphatic carbocycles. The van der Waals surface area contributed by atoms with Gasteiger partial charge in [-0.1, -0.05) is 30.3 Å². The number of morpholine rings is 1. The fourth-order valence-corrected chi connectivity index (χ4v) is 3.34. The molecule has 0 radical (unpaired) electrons. The van der Waals surface area contributed by atoms with Crippen molar-refractivity contribution in [1.82, 2.24) is 39.9 Å². The molecule has 3 aromatic rings. The van der Waals surface area contributed by atoms with Crippen LogP contribution in [0.25, 0.3) is 0 Å². The first-order valence-corrected chi connectivity index (χ1v) is 8.97. The van der Waals surface area contributed by atoms with Gasteiger partial charge in [-0.2, -0.15) is 5.10 Å². The van der Waals surface area contributed by atoms with Gasteiger partial charge in [0.2, 0.25) is 0 Å². The van der Waals surface area contributed by atoms with Crippen LogP contribution in [0.2, 0.25) is 0 Å². The predicted molar refractivity (Wildman–Crippen MR) is 94.7 cm³/mol.